The molecule has 3 aromatic rings. The lowest BCUT2D eigenvalue weighted by atomic mass is 10.0. The normalized spacial score (nSPS) is 11.6. The summed E-state index contributed by atoms with van der Waals surface area (Å²) in [4.78, 5) is 4.35. The quantitative estimate of drug-likeness (QED) is 0.452. The summed E-state index contributed by atoms with van der Waals surface area (Å²) in [6.45, 7) is 1.93. The highest BCUT2D eigenvalue weighted by atomic mass is 32.1. The van der Waals surface area contributed by atoms with Crippen molar-refractivity contribution in [3.05, 3.63) is 88.4 Å². The highest BCUT2D eigenvalue weighted by Gasteiger charge is 2.03. The predicted molar refractivity (Wildman–Crippen MR) is 101 cm³/mol. The molecule has 0 aliphatic heterocycles. The molecule has 0 saturated carbocycles. The van der Waals surface area contributed by atoms with Crippen molar-refractivity contribution in [3.8, 4) is 17.2 Å². The van der Waals surface area contributed by atoms with Crippen molar-refractivity contribution in [1.29, 1.82) is 5.26 Å². The fraction of sp³-hybridized carbons (Fsp3) is 0.0476. The molecule has 0 spiro atoms. The van der Waals surface area contributed by atoms with E-state index in [0.29, 0.717) is 5.57 Å². The van der Waals surface area contributed by atoms with Gasteiger partial charge in [-0.15, -0.1) is 11.3 Å². The topological polar surface area (TPSA) is 36.7 Å². The van der Waals surface area contributed by atoms with Gasteiger partial charge in [0.2, 0.25) is 0 Å². The van der Waals surface area contributed by atoms with Crippen LogP contribution in [0.15, 0.2) is 72.1 Å². The highest BCUT2D eigenvalue weighted by molar-refractivity contribution is 7.10. The second kappa shape index (κ2) is 7.54. The molecular formula is C21H16N2S. The van der Waals surface area contributed by atoms with Gasteiger partial charge in [-0.3, -0.25) is 0 Å². The number of rotatable bonds is 4. The van der Waals surface area contributed by atoms with Gasteiger partial charge in [-0.1, -0.05) is 66.7 Å². The number of nitriles is 1. The zero-order valence-electron chi connectivity index (χ0n) is 13.3. The first kappa shape index (κ1) is 15.9. The van der Waals surface area contributed by atoms with E-state index in [9.17, 15) is 5.26 Å². The van der Waals surface area contributed by atoms with Crippen molar-refractivity contribution in [2.75, 3.05) is 0 Å². The van der Waals surface area contributed by atoms with E-state index in [0.717, 1.165) is 16.3 Å². The van der Waals surface area contributed by atoms with E-state index in [2.05, 4.69) is 47.5 Å². The van der Waals surface area contributed by atoms with Crippen LogP contribution in [0.3, 0.4) is 0 Å². The van der Waals surface area contributed by atoms with E-state index < -0.39 is 0 Å². The summed E-state index contributed by atoms with van der Waals surface area (Å²) in [5.41, 5.74) is 5.03. The van der Waals surface area contributed by atoms with Crippen molar-refractivity contribution >= 4 is 23.0 Å². The lowest BCUT2D eigenvalue weighted by Gasteiger charge is -2.01. The SMILES string of the molecule is Cc1csc(C(C#N)=CC=Cc2ccc(-c3ccccc3)cc2)n1. The van der Waals surface area contributed by atoms with E-state index in [4.69, 9.17) is 0 Å². The molecule has 0 bridgehead atoms. The van der Waals surface area contributed by atoms with Crippen LogP contribution >= 0.6 is 11.3 Å². The standard InChI is InChI=1S/C21H16N2S/c1-16-15-24-21(23-16)20(14-22)9-5-6-17-10-12-19(13-11-17)18-7-3-2-4-8-18/h2-13,15H,1H3. The van der Waals surface area contributed by atoms with Gasteiger partial charge in [0, 0.05) is 11.1 Å². The molecule has 3 heteroatoms. The Labute approximate surface area is 146 Å². The molecule has 0 fully saturated rings. The first-order chi connectivity index (χ1) is 11.8. The molecule has 24 heavy (non-hydrogen) atoms. The Bertz CT molecular complexity index is 910. The monoisotopic (exact) mass is 328 g/mol. The van der Waals surface area contributed by atoms with E-state index in [1.54, 1.807) is 0 Å². The minimum Gasteiger partial charge on any atom is -0.241 e. The Kier molecular flexibility index (Phi) is 5.00. The molecule has 116 valence electrons. The van der Waals surface area contributed by atoms with Crippen molar-refractivity contribution in [2.24, 2.45) is 0 Å². The third-order valence-corrected chi connectivity index (χ3v) is 4.53. The number of hydrogen-bond donors (Lipinski definition) is 0. The number of benzene rings is 2. The lowest BCUT2D eigenvalue weighted by molar-refractivity contribution is 1.24. The Hall–Kier alpha value is -2.96. The maximum absolute atomic E-state index is 9.26. The second-order valence-electron chi connectivity index (χ2n) is 5.33. The fourth-order valence-electron chi connectivity index (χ4n) is 2.31. The number of thiazole rings is 1. The molecule has 0 aliphatic rings. The van der Waals surface area contributed by atoms with Crippen LogP contribution in [-0.2, 0) is 0 Å². The van der Waals surface area contributed by atoms with E-state index >= 15 is 0 Å². The van der Waals surface area contributed by atoms with Gasteiger partial charge < -0.3 is 0 Å². The number of aromatic nitrogens is 1. The van der Waals surface area contributed by atoms with Crippen LogP contribution in [0.25, 0.3) is 22.8 Å². The first-order valence-electron chi connectivity index (χ1n) is 7.63. The molecule has 1 heterocycles. The third kappa shape index (κ3) is 3.87. The number of hydrogen-bond acceptors (Lipinski definition) is 3. The van der Waals surface area contributed by atoms with Gasteiger partial charge in [0.25, 0.3) is 0 Å². The molecule has 0 amide bonds. The number of aryl methyl sites for hydroxylation is 1. The molecule has 2 aromatic carbocycles. The highest BCUT2D eigenvalue weighted by Crippen LogP contribution is 2.21. The fourth-order valence-corrected chi connectivity index (χ4v) is 3.08. The third-order valence-electron chi connectivity index (χ3n) is 3.54. The Morgan fingerprint density at radius 1 is 1.04 bits per heavy atom. The van der Waals surface area contributed by atoms with Crippen LogP contribution in [0.5, 0.6) is 0 Å². The van der Waals surface area contributed by atoms with Crippen LogP contribution in [0.1, 0.15) is 16.3 Å². The molecule has 1 aromatic heterocycles. The van der Waals surface area contributed by atoms with Crippen LogP contribution in [0, 0.1) is 18.3 Å². The van der Waals surface area contributed by atoms with Gasteiger partial charge in [-0.2, -0.15) is 5.26 Å². The largest absolute Gasteiger partial charge is 0.241 e. The molecule has 0 saturated heterocycles. The zero-order valence-corrected chi connectivity index (χ0v) is 14.1. The molecule has 0 radical (unpaired) electrons. The maximum atomic E-state index is 9.26. The average molecular weight is 328 g/mol. The number of allylic oxidation sites excluding steroid dienone is 3. The first-order valence-corrected chi connectivity index (χ1v) is 8.51. The molecule has 3 rings (SSSR count). The molecule has 0 unspecified atom stereocenters. The minimum atomic E-state index is 0.588. The molecule has 2 nitrogen and oxygen atoms in total. The van der Waals surface area contributed by atoms with Gasteiger partial charge in [0.05, 0.1) is 5.57 Å². The average Bonchev–Trinajstić information content (AvgIpc) is 3.06. The summed E-state index contributed by atoms with van der Waals surface area (Å²) >= 11 is 1.49. The van der Waals surface area contributed by atoms with Crippen molar-refractivity contribution in [2.45, 2.75) is 6.92 Å². The predicted octanol–water partition coefficient (Wildman–Crippen LogP) is 5.74. The van der Waals surface area contributed by atoms with Gasteiger partial charge in [-0.25, -0.2) is 4.98 Å². The van der Waals surface area contributed by atoms with Crippen LogP contribution in [-0.4, -0.2) is 4.98 Å². The van der Waals surface area contributed by atoms with Gasteiger partial charge >= 0.3 is 0 Å². The van der Waals surface area contributed by atoms with E-state index in [1.165, 1.54) is 22.5 Å². The second-order valence-corrected chi connectivity index (χ2v) is 6.19. The summed E-state index contributed by atoms with van der Waals surface area (Å²) in [5, 5.41) is 12.0. The summed E-state index contributed by atoms with van der Waals surface area (Å²) in [5.74, 6) is 0. The van der Waals surface area contributed by atoms with Crippen LogP contribution in [0.4, 0.5) is 0 Å². The summed E-state index contributed by atoms with van der Waals surface area (Å²) in [6, 6.07) is 20.9. The van der Waals surface area contributed by atoms with Gasteiger partial charge in [-0.05, 0) is 29.7 Å². The zero-order chi connectivity index (χ0) is 16.8. The van der Waals surface area contributed by atoms with Crippen molar-refractivity contribution < 1.29 is 0 Å². The molecule has 0 aliphatic carbocycles. The van der Waals surface area contributed by atoms with Gasteiger partial charge in [0.1, 0.15) is 11.1 Å². The Morgan fingerprint density at radius 3 is 2.38 bits per heavy atom. The molecule has 0 atom stereocenters. The van der Waals surface area contributed by atoms with Crippen LogP contribution < -0.4 is 0 Å². The number of nitrogens with zero attached hydrogens (tertiary/aromatic N) is 2. The van der Waals surface area contributed by atoms with Gasteiger partial charge in [0.15, 0.2) is 0 Å². The minimum absolute atomic E-state index is 0.588. The van der Waals surface area contributed by atoms with Crippen molar-refractivity contribution in [3.63, 3.8) is 0 Å². The smallest absolute Gasteiger partial charge is 0.134 e. The molecule has 0 N–H and O–H groups in total. The summed E-state index contributed by atoms with van der Waals surface area (Å²) in [6.07, 6.45) is 5.70. The Morgan fingerprint density at radius 2 is 1.75 bits per heavy atom. The maximum Gasteiger partial charge on any atom is 0.134 e. The van der Waals surface area contributed by atoms with E-state index in [1.807, 2.05) is 48.7 Å². The summed E-state index contributed by atoms with van der Waals surface area (Å²) in [7, 11) is 0. The van der Waals surface area contributed by atoms with Crippen LogP contribution in [0.2, 0.25) is 0 Å². The van der Waals surface area contributed by atoms with Crippen molar-refractivity contribution in [1.82, 2.24) is 4.98 Å². The summed E-state index contributed by atoms with van der Waals surface area (Å²) < 4.78 is 0. The Balaban J connectivity index is 1.75. The molecular weight excluding hydrogens is 312 g/mol. The van der Waals surface area contributed by atoms with E-state index in [-0.39, 0.29) is 0 Å². The lowest BCUT2D eigenvalue weighted by Crippen LogP contribution is -1.80.